The Bertz CT molecular complexity index is 292. The van der Waals surface area contributed by atoms with Crippen molar-refractivity contribution in [3.8, 4) is 0 Å². The van der Waals surface area contributed by atoms with Crippen molar-refractivity contribution in [2.45, 2.75) is 6.04 Å². The topological polar surface area (TPSA) is 26.0 Å². The molecule has 0 fully saturated rings. The van der Waals surface area contributed by atoms with Crippen LogP contribution in [0.2, 0.25) is 0 Å². The second-order valence-electron chi connectivity index (χ2n) is 2.64. The molecule has 1 nitrogen and oxygen atoms in total. The van der Waals surface area contributed by atoms with Crippen LogP contribution in [0.1, 0.15) is 0 Å². The van der Waals surface area contributed by atoms with E-state index in [0.717, 1.165) is 16.7 Å². The first-order chi connectivity index (χ1) is 5.74. The van der Waals surface area contributed by atoms with Crippen LogP contribution in [0, 0.1) is 0 Å². The van der Waals surface area contributed by atoms with Crippen LogP contribution in [0.4, 0.5) is 0 Å². The van der Waals surface area contributed by atoms with Gasteiger partial charge in [-0.25, -0.2) is 0 Å². The number of rotatable bonds is 4. The van der Waals surface area contributed by atoms with E-state index >= 15 is 0 Å². The lowest BCUT2D eigenvalue weighted by molar-refractivity contribution is 0.980. The van der Waals surface area contributed by atoms with Gasteiger partial charge in [-0.05, 0) is 22.8 Å². The van der Waals surface area contributed by atoms with Crippen molar-refractivity contribution in [1.29, 1.82) is 0 Å². The van der Waals surface area contributed by atoms with E-state index in [0.29, 0.717) is 0 Å². The van der Waals surface area contributed by atoms with Gasteiger partial charge in [0.05, 0.1) is 0 Å². The Hall–Kier alpha value is -1.34. The van der Waals surface area contributed by atoms with Crippen LogP contribution >= 0.6 is 0 Å². The number of allylic oxidation sites excluding steroid dienone is 4. The summed E-state index contributed by atoms with van der Waals surface area (Å²) in [4.78, 5) is 0. The van der Waals surface area contributed by atoms with Crippen molar-refractivity contribution in [2.75, 3.05) is 0 Å². The summed E-state index contributed by atoms with van der Waals surface area (Å²) in [5, 5.41) is 0. The Kier molecular flexibility index (Phi) is 2.46. The van der Waals surface area contributed by atoms with Crippen molar-refractivity contribution in [2.24, 2.45) is 5.73 Å². The van der Waals surface area contributed by atoms with Crippen LogP contribution < -0.4 is 5.73 Å². The van der Waals surface area contributed by atoms with Crippen molar-refractivity contribution >= 4 is 0 Å². The lowest BCUT2D eigenvalue weighted by Crippen LogP contribution is -2.18. The zero-order valence-electron chi connectivity index (χ0n) is 7.09. The number of hydrogen-bond donors (Lipinski definition) is 1. The molecule has 0 saturated carbocycles. The molecule has 0 radical (unpaired) electrons. The summed E-state index contributed by atoms with van der Waals surface area (Å²) < 4.78 is 0. The van der Waals surface area contributed by atoms with E-state index in [-0.39, 0.29) is 6.04 Å². The van der Waals surface area contributed by atoms with Gasteiger partial charge in [0.2, 0.25) is 0 Å². The van der Waals surface area contributed by atoms with Crippen LogP contribution in [0.15, 0.2) is 60.8 Å². The van der Waals surface area contributed by atoms with E-state index in [2.05, 4.69) is 19.7 Å². The zero-order valence-corrected chi connectivity index (χ0v) is 7.09. The van der Waals surface area contributed by atoms with Gasteiger partial charge in [-0.2, -0.15) is 0 Å². The molecule has 12 heavy (non-hydrogen) atoms. The molecule has 62 valence electrons. The fourth-order valence-electron chi connectivity index (χ4n) is 1.09. The molecule has 0 bridgehead atoms. The molecule has 0 saturated heterocycles. The number of hydrogen-bond acceptors (Lipinski definition) is 1. The molecular weight excluding hydrogens is 146 g/mol. The van der Waals surface area contributed by atoms with Gasteiger partial charge < -0.3 is 5.73 Å². The largest absolute Gasteiger partial charge is 0.321 e. The Morgan fingerprint density at radius 2 is 2.08 bits per heavy atom. The molecule has 0 spiro atoms. The van der Waals surface area contributed by atoms with Gasteiger partial charge in [-0.1, -0.05) is 31.4 Å². The molecule has 1 aliphatic carbocycles. The van der Waals surface area contributed by atoms with Crippen molar-refractivity contribution in [1.82, 2.24) is 0 Å². The maximum atomic E-state index is 5.77. The van der Waals surface area contributed by atoms with E-state index in [4.69, 9.17) is 5.73 Å². The summed E-state index contributed by atoms with van der Waals surface area (Å²) >= 11 is 0. The maximum Gasteiger partial charge on any atom is 0.0484 e. The Balaban J connectivity index is 2.85. The molecule has 0 amide bonds. The third-order valence-electron chi connectivity index (χ3n) is 1.89. The molecule has 1 unspecified atom stereocenters. The molecule has 0 aromatic heterocycles. The minimum Gasteiger partial charge on any atom is -0.321 e. The van der Waals surface area contributed by atoms with E-state index in [1.807, 2.05) is 12.2 Å². The molecular formula is C11H13N. The van der Waals surface area contributed by atoms with Crippen LogP contribution in [0.5, 0.6) is 0 Å². The normalized spacial score (nSPS) is 20.6. The molecule has 0 aromatic rings. The standard InChI is InChI=1S/C11H13N/c1-4-8-7-10(8)9(5-2)11(12)6-3/h4-7,11H,1-3,12H2/b10-9+. The lowest BCUT2D eigenvalue weighted by Gasteiger charge is -2.06. The third-order valence-corrected chi connectivity index (χ3v) is 1.89. The van der Waals surface area contributed by atoms with Crippen LogP contribution in [0.25, 0.3) is 0 Å². The fourth-order valence-corrected chi connectivity index (χ4v) is 1.09. The van der Waals surface area contributed by atoms with Gasteiger partial charge in [0.1, 0.15) is 0 Å². The van der Waals surface area contributed by atoms with Crippen molar-refractivity contribution < 1.29 is 0 Å². The first kappa shape index (κ1) is 8.75. The lowest BCUT2D eigenvalue weighted by atomic mass is 10.1. The van der Waals surface area contributed by atoms with Crippen molar-refractivity contribution in [3.05, 3.63) is 60.8 Å². The van der Waals surface area contributed by atoms with Crippen LogP contribution in [0.3, 0.4) is 0 Å². The molecule has 2 N–H and O–H groups in total. The van der Waals surface area contributed by atoms with E-state index in [1.54, 1.807) is 12.2 Å². The molecule has 1 atom stereocenters. The zero-order chi connectivity index (χ0) is 9.14. The molecule has 0 aromatic carbocycles. The smallest absolute Gasteiger partial charge is 0.0484 e. The van der Waals surface area contributed by atoms with Crippen molar-refractivity contribution in [3.63, 3.8) is 0 Å². The van der Waals surface area contributed by atoms with Crippen LogP contribution in [-0.2, 0) is 0 Å². The molecule has 0 aliphatic heterocycles. The van der Waals surface area contributed by atoms with E-state index < -0.39 is 0 Å². The number of nitrogens with two attached hydrogens (primary N) is 1. The maximum absolute atomic E-state index is 5.77. The van der Waals surface area contributed by atoms with Gasteiger partial charge in [0.25, 0.3) is 0 Å². The van der Waals surface area contributed by atoms with Gasteiger partial charge in [0.15, 0.2) is 0 Å². The monoisotopic (exact) mass is 159 g/mol. The summed E-state index contributed by atoms with van der Waals surface area (Å²) in [6, 6.07) is -0.119. The molecule has 1 aliphatic rings. The molecule has 1 heteroatoms. The molecule has 1 rings (SSSR count). The van der Waals surface area contributed by atoms with Crippen LogP contribution in [-0.4, -0.2) is 6.04 Å². The summed E-state index contributed by atoms with van der Waals surface area (Å²) in [6.45, 7) is 11.0. The average molecular weight is 159 g/mol. The van der Waals surface area contributed by atoms with Gasteiger partial charge in [0, 0.05) is 6.04 Å². The second kappa shape index (κ2) is 3.37. The highest BCUT2D eigenvalue weighted by molar-refractivity contribution is 5.67. The Morgan fingerprint density at radius 3 is 2.42 bits per heavy atom. The summed E-state index contributed by atoms with van der Waals surface area (Å²) in [6.07, 6.45) is 7.33. The summed E-state index contributed by atoms with van der Waals surface area (Å²) in [5.41, 5.74) is 9.11. The predicted octanol–water partition coefficient (Wildman–Crippen LogP) is 2.11. The van der Waals surface area contributed by atoms with Gasteiger partial charge in [-0.3, -0.25) is 0 Å². The van der Waals surface area contributed by atoms with E-state index in [9.17, 15) is 0 Å². The van der Waals surface area contributed by atoms with Gasteiger partial charge >= 0.3 is 0 Å². The molecule has 0 heterocycles. The highest BCUT2D eigenvalue weighted by Crippen LogP contribution is 2.33. The second-order valence-corrected chi connectivity index (χ2v) is 2.64. The highest BCUT2D eigenvalue weighted by Gasteiger charge is 2.18. The van der Waals surface area contributed by atoms with E-state index in [1.165, 1.54) is 0 Å². The average Bonchev–Trinajstić information content (AvgIpc) is 2.85. The Morgan fingerprint density at radius 1 is 1.42 bits per heavy atom. The SMILES string of the molecule is C=CC1=CC/1=C(/C=C)C(N)C=C. The summed E-state index contributed by atoms with van der Waals surface area (Å²) in [5.74, 6) is 0. The predicted molar refractivity (Wildman–Crippen MR) is 53.7 cm³/mol. The third kappa shape index (κ3) is 1.46. The first-order valence-electron chi connectivity index (χ1n) is 3.83. The fraction of sp³-hybridized carbons (Fsp3) is 0.0909. The first-order valence-corrected chi connectivity index (χ1v) is 3.83. The minimum absolute atomic E-state index is 0.119. The Labute approximate surface area is 73.3 Å². The quantitative estimate of drug-likeness (QED) is 0.625. The summed E-state index contributed by atoms with van der Waals surface area (Å²) in [7, 11) is 0. The minimum atomic E-state index is -0.119. The van der Waals surface area contributed by atoms with Gasteiger partial charge in [-0.15, -0.1) is 6.58 Å². The highest BCUT2D eigenvalue weighted by atomic mass is 14.6.